The number of aryl methyl sites for hydroxylation is 2. The fourth-order valence-corrected chi connectivity index (χ4v) is 5.09. The Morgan fingerprint density at radius 3 is 2.48 bits per heavy atom. The van der Waals surface area contributed by atoms with Crippen molar-refractivity contribution in [1.29, 1.82) is 0 Å². The number of thiazole rings is 1. The van der Waals surface area contributed by atoms with E-state index in [0.29, 0.717) is 21.7 Å². The molecule has 33 heavy (non-hydrogen) atoms. The Balaban J connectivity index is 1.60. The molecule has 0 saturated carbocycles. The van der Waals surface area contributed by atoms with Crippen LogP contribution in [0.4, 0.5) is 5.13 Å². The van der Waals surface area contributed by atoms with E-state index in [1.54, 1.807) is 17.0 Å². The van der Waals surface area contributed by atoms with Gasteiger partial charge in [0.25, 0.3) is 5.91 Å². The maximum atomic E-state index is 13.7. The Kier molecular flexibility index (Phi) is 7.81. The predicted octanol–water partition coefficient (Wildman–Crippen LogP) is 7.96. The zero-order chi connectivity index (χ0) is 23.2. The van der Waals surface area contributed by atoms with Gasteiger partial charge in [0.05, 0.1) is 10.7 Å². The van der Waals surface area contributed by atoms with E-state index < -0.39 is 0 Å². The normalized spacial score (nSPS) is 10.9. The van der Waals surface area contributed by atoms with Crippen molar-refractivity contribution >= 4 is 45.6 Å². The fourth-order valence-electron chi connectivity index (χ4n) is 3.73. The number of nitrogens with zero attached hydrogens (tertiary/aromatic N) is 2. The lowest BCUT2D eigenvalue weighted by Crippen LogP contribution is -2.32. The molecule has 1 heterocycles. The highest BCUT2D eigenvalue weighted by molar-refractivity contribution is 7.14. The largest absolute Gasteiger partial charge is 0.284 e. The molecule has 0 aliphatic carbocycles. The van der Waals surface area contributed by atoms with Crippen molar-refractivity contribution in [3.63, 3.8) is 0 Å². The summed E-state index contributed by atoms with van der Waals surface area (Å²) in [5.41, 5.74) is 4.57. The van der Waals surface area contributed by atoms with Crippen molar-refractivity contribution in [2.24, 2.45) is 0 Å². The Morgan fingerprint density at radius 2 is 1.73 bits per heavy atom. The first-order chi connectivity index (χ1) is 16.1. The summed E-state index contributed by atoms with van der Waals surface area (Å²) in [7, 11) is 0. The molecule has 0 aliphatic rings. The number of benzene rings is 3. The van der Waals surface area contributed by atoms with Crippen LogP contribution in [0.5, 0.6) is 0 Å². The Hall–Kier alpha value is -2.66. The minimum Gasteiger partial charge on any atom is -0.284 e. The van der Waals surface area contributed by atoms with E-state index in [-0.39, 0.29) is 5.91 Å². The second-order valence-electron chi connectivity index (χ2n) is 7.74. The molecule has 168 valence electrons. The number of rotatable bonds is 8. The number of anilines is 1. The summed E-state index contributed by atoms with van der Waals surface area (Å²) in [5.74, 6) is -0.0244. The average molecular weight is 495 g/mol. The van der Waals surface area contributed by atoms with Gasteiger partial charge in [-0.2, -0.15) is 0 Å². The van der Waals surface area contributed by atoms with E-state index >= 15 is 0 Å². The van der Waals surface area contributed by atoms with Crippen LogP contribution >= 0.6 is 34.5 Å². The van der Waals surface area contributed by atoms with Crippen molar-refractivity contribution in [3.8, 4) is 11.3 Å². The first kappa shape index (κ1) is 23.5. The lowest BCUT2D eigenvalue weighted by Gasteiger charge is -2.21. The fraction of sp³-hybridized carbons (Fsp3) is 0.185. The van der Waals surface area contributed by atoms with Crippen LogP contribution in [-0.4, -0.2) is 17.4 Å². The van der Waals surface area contributed by atoms with Crippen molar-refractivity contribution in [1.82, 2.24) is 4.98 Å². The Labute approximate surface area is 208 Å². The first-order valence-electron chi connectivity index (χ1n) is 10.9. The van der Waals surface area contributed by atoms with Gasteiger partial charge in [-0.3, -0.25) is 9.69 Å². The van der Waals surface area contributed by atoms with Crippen LogP contribution < -0.4 is 4.90 Å². The minimum absolute atomic E-state index is 0.0244. The number of hydrogen-bond acceptors (Lipinski definition) is 3. The van der Waals surface area contributed by atoms with E-state index in [1.807, 2.05) is 53.9 Å². The maximum Gasteiger partial charge on any atom is 0.260 e. The van der Waals surface area contributed by atoms with Crippen LogP contribution in [0.25, 0.3) is 11.3 Å². The van der Waals surface area contributed by atoms with Crippen LogP contribution in [0.15, 0.2) is 78.2 Å². The van der Waals surface area contributed by atoms with E-state index in [2.05, 4.69) is 19.1 Å². The molecule has 0 spiro atoms. The van der Waals surface area contributed by atoms with Gasteiger partial charge in [0.1, 0.15) is 0 Å². The number of amides is 1. The summed E-state index contributed by atoms with van der Waals surface area (Å²) >= 11 is 13.9. The molecule has 6 heteroatoms. The summed E-state index contributed by atoms with van der Waals surface area (Å²) < 4.78 is 0. The number of carbonyl (C=O) groups is 1. The van der Waals surface area contributed by atoms with Gasteiger partial charge in [-0.15, -0.1) is 11.3 Å². The molecular weight excluding hydrogens is 471 g/mol. The number of carbonyl (C=O) groups excluding carboxylic acids is 1. The van der Waals surface area contributed by atoms with Gasteiger partial charge in [0.2, 0.25) is 0 Å². The molecule has 0 bridgehead atoms. The molecule has 1 amide bonds. The maximum absolute atomic E-state index is 13.7. The van der Waals surface area contributed by atoms with Crippen molar-refractivity contribution < 1.29 is 4.79 Å². The Bertz CT molecular complexity index is 1240. The molecule has 0 aliphatic heterocycles. The molecule has 1 aromatic heterocycles. The third-order valence-electron chi connectivity index (χ3n) is 5.40. The molecule has 0 fully saturated rings. The molecule has 3 aromatic carbocycles. The zero-order valence-corrected chi connectivity index (χ0v) is 20.6. The summed E-state index contributed by atoms with van der Waals surface area (Å²) in [5, 5.41) is 3.72. The molecule has 0 radical (unpaired) electrons. The number of halogens is 2. The average Bonchev–Trinajstić information content (AvgIpc) is 3.31. The summed E-state index contributed by atoms with van der Waals surface area (Å²) in [4.78, 5) is 20.2. The van der Waals surface area contributed by atoms with Gasteiger partial charge >= 0.3 is 0 Å². The lowest BCUT2D eigenvalue weighted by molar-refractivity contribution is 0.0986. The van der Waals surface area contributed by atoms with E-state index in [4.69, 9.17) is 28.2 Å². The third-order valence-corrected chi connectivity index (χ3v) is 6.81. The van der Waals surface area contributed by atoms with Gasteiger partial charge in [0, 0.05) is 28.1 Å². The van der Waals surface area contributed by atoms with Gasteiger partial charge in [-0.1, -0.05) is 78.7 Å². The molecule has 4 rings (SSSR count). The van der Waals surface area contributed by atoms with Crippen molar-refractivity contribution in [2.45, 2.75) is 26.2 Å². The highest BCUT2D eigenvalue weighted by Gasteiger charge is 2.23. The van der Waals surface area contributed by atoms with E-state index in [0.717, 1.165) is 41.6 Å². The molecular formula is C27H24Cl2N2OS. The van der Waals surface area contributed by atoms with E-state index in [9.17, 15) is 4.79 Å². The van der Waals surface area contributed by atoms with Crippen molar-refractivity contribution in [2.75, 3.05) is 11.4 Å². The van der Waals surface area contributed by atoms with Gasteiger partial charge < -0.3 is 0 Å². The zero-order valence-electron chi connectivity index (χ0n) is 18.3. The lowest BCUT2D eigenvalue weighted by atomic mass is 9.99. The van der Waals surface area contributed by atoms with Gasteiger partial charge in [-0.05, 0) is 54.7 Å². The second kappa shape index (κ2) is 11.0. The summed E-state index contributed by atoms with van der Waals surface area (Å²) in [6, 6.07) is 23.6. The van der Waals surface area contributed by atoms with Crippen LogP contribution in [0.1, 0.15) is 34.8 Å². The highest BCUT2D eigenvalue weighted by atomic mass is 35.5. The molecule has 0 N–H and O–H groups in total. The van der Waals surface area contributed by atoms with Crippen molar-refractivity contribution in [3.05, 3.63) is 105 Å². The standard InChI is InChI=1S/C27H24Cl2N2OS/c1-2-16-31(27-30-25(18-33-27)23-15-14-21(28)17-24(23)29)26(32)22-11-7-6-10-20(22)13-12-19-8-4-3-5-9-19/h3-11,14-15,17-18H,2,12-13,16H2,1H3. The summed E-state index contributed by atoms with van der Waals surface area (Å²) in [6.45, 7) is 2.65. The minimum atomic E-state index is -0.0244. The molecule has 0 saturated heterocycles. The van der Waals surface area contributed by atoms with Crippen LogP contribution in [0, 0.1) is 0 Å². The smallest absolute Gasteiger partial charge is 0.260 e. The highest BCUT2D eigenvalue weighted by Crippen LogP contribution is 2.34. The Morgan fingerprint density at radius 1 is 0.970 bits per heavy atom. The molecule has 0 atom stereocenters. The van der Waals surface area contributed by atoms with Gasteiger partial charge in [-0.25, -0.2) is 4.98 Å². The van der Waals surface area contributed by atoms with Gasteiger partial charge in [0.15, 0.2) is 5.13 Å². The quantitative estimate of drug-likeness (QED) is 0.248. The van der Waals surface area contributed by atoms with E-state index in [1.165, 1.54) is 16.9 Å². The number of aromatic nitrogens is 1. The number of hydrogen-bond donors (Lipinski definition) is 0. The molecule has 4 aromatic rings. The van der Waals surface area contributed by atoms with Crippen LogP contribution in [0.2, 0.25) is 10.0 Å². The summed E-state index contributed by atoms with van der Waals surface area (Å²) in [6.07, 6.45) is 2.51. The third kappa shape index (κ3) is 5.64. The monoisotopic (exact) mass is 494 g/mol. The SMILES string of the molecule is CCCN(C(=O)c1ccccc1CCc1ccccc1)c1nc(-c2ccc(Cl)cc2Cl)cs1. The second-order valence-corrected chi connectivity index (χ2v) is 9.42. The topological polar surface area (TPSA) is 33.2 Å². The molecule has 0 unspecified atom stereocenters. The predicted molar refractivity (Wildman–Crippen MR) is 140 cm³/mol. The molecule has 3 nitrogen and oxygen atoms in total. The van der Waals surface area contributed by atoms with Crippen LogP contribution in [0.3, 0.4) is 0 Å². The first-order valence-corrected chi connectivity index (χ1v) is 12.5. The van der Waals surface area contributed by atoms with Crippen LogP contribution in [-0.2, 0) is 12.8 Å².